The highest BCUT2D eigenvalue weighted by molar-refractivity contribution is 7.71. The van der Waals surface area contributed by atoms with Gasteiger partial charge in [-0.05, 0) is 45.1 Å². The fourth-order valence-electron chi connectivity index (χ4n) is 2.28. The summed E-state index contributed by atoms with van der Waals surface area (Å²) in [6, 6.07) is 0. The second-order valence-electron chi connectivity index (χ2n) is 4.54. The van der Waals surface area contributed by atoms with Gasteiger partial charge in [0.05, 0.1) is 0 Å². The van der Waals surface area contributed by atoms with E-state index in [0.717, 1.165) is 25.6 Å². The van der Waals surface area contributed by atoms with Crippen molar-refractivity contribution in [3.8, 4) is 0 Å². The quantitative estimate of drug-likeness (QED) is 0.809. The van der Waals surface area contributed by atoms with E-state index in [1.54, 1.807) is 0 Å². The van der Waals surface area contributed by atoms with E-state index in [9.17, 15) is 0 Å². The minimum atomic E-state index is 0.704. The van der Waals surface area contributed by atoms with Gasteiger partial charge in [0, 0.05) is 26.7 Å². The lowest BCUT2D eigenvalue weighted by molar-refractivity contribution is 0.346. The molecule has 0 aliphatic carbocycles. The number of likely N-dealkylation sites (tertiary alicyclic amines) is 1. The Kier molecular flexibility index (Phi) is 4.17. The monoisotopic (exact) mass is 255 g/mol. The van der Waals surface area contributed by atoms with Gasteiger partial charge in [0.1, 0.15) is 0 Å². The van der Waals surface area contributed by atoms with E-state index in [4.69, 9.17) is 12.2 Å². The van der Waals surface area contributed by atoms with Gasteiger partial charge in [0.2, 0.25) is 5.95 Å². The summed E-state index contributed by atoms with van der Waals surface area (Å²) in [6.45, 7) is 7.55. The standard InChI is InChI=1S/C11H21N5S/c1-3-16-10(12-13-11(16)17)14(2)8-9-15-6-4-5-7-15/h3-9H2,1-2H3,(H,13,17). The van der Waals surface area contributed by atoms with Gasteiger partial charge in [0.15, 0.2) is 4.77 Å². The third kappa shape index (κ3) is 2.87. The molecule has 0 amide bonds. The van der Waals surface area contributed by atoms with Crippen LogP contribution in [-0.2, 0) is 6.54 Å². The molecule has 5 nitrogen and oxygen atoms in total. The Bertz CT molecular complexity index is 404. The minimum Gasteiger partial charge on any atom is -0.343 e. The third-order valence-electron chi connectivity index (χ3n) is 3.35. The maximum atomic E-state index is 5.19. The van der Waals surface area contributed by atoms with Gasteiger partial charge in [0.25, 0.3) is 0 Å². The molecule has 2 rings (SSSR count). The van der Waals surface area contributed by atoms with Crippen molar-refractivity contribution in [3.63, 3.8) is 0 Å². The Morgan fingerprint density at radius 2 is 2.12 bits per heavy atom. The molecule has 0 saturated carbocycles. The van der Waals surface area contributed by atoms with Crippen molar-refractivity contribution in [3.05, 3.63) is 4.77 Å². The second kappa shape index (κ2) is 5.64. The number of hydrogen-bond acceptors (Lipinski definition) is 4. The molecule has 1 saturated heterocycles. The van der Waals surface area contributed by atoms with Crippen molar-refractivity contribution in [2.75, 3.05) is 38.1 Å². The van der Waals surface area contributed by atoms with Gasteiger partial charge < -0.3 is 9.80 Å². The van der Waals surface area contributed by atoms with Crippen LogP contribution >= 0.6 is 12.2 Å². The van der Waals surface area contributed by atoms with Crippen LogP contribution in [0.4, 0.5) is 5.95 Å². The minimum absolute atomic E-state index is 0.704. The summed E-state index contributed by atoms with van der Waals surface area (Å²) in [5, 5.41) is 7.14. The Morgan fingerprint density at radius 1 is 1.41 bits per heavy atom. The highest BCUT2D eigenvalue weighted by atomic mass is 32.1. The zero-order chi connectivity index (χ0) is 12.3. The van der Waals surface area contributed by atoms with Gasteiger partial charge in [-0.3, -0.25) is 4.57 Å². The summed E-state index contributed by atoms with van der Waals surface area (Å²) >= 11 is 5.19. The molecule has 6 heteroatoms. The van der Waals surface area contributed by atoms with E-state index in [1.165, 1.54) is 25.9 Å². The number of aromatic amines is 1. The first-order valence-electron chi connectivity index (χ1n) is 6.31. The first kappa shape index (κ1) is 12.6. The summed E-state index contributed by atoms with van der Waals surface area (Å²) in [6.07, 6.45) is 2.69. The molecule has 96 valence electrons. The Morgan fingerprint density at radius 3 is 2.76 bits per heavy atom. The zero-order valence-corrected chi connectivity index (χ0v) is 11.5. The zero-order valence-electron chi connectivity index (χ0n) is 10.6. The van der Waals surface area contributed by atoms with Crippen molar-refractivity contribution in [2.45, 2.75) is 26.3 Å². The molecule has 0 atom stereocenters. The van der Waals surface area contributed by atoms with Crippen LogP contribution in [0, 0.1) is 4.77 Å². The van der Waals surface area contributed by atoms with Crippen molar-refractivity contribution >= 4 is 18.2 Å². The lowest BCUT2D eigenvalue weighted by Crippen LogP contribution is -2.32. The van der Waals surface area contributed by atoms with Crippen LogP contribution in [0.1, 0.15) is 19.8 Å². The summed E-state index contributed by atoms with van der Waals surface area (Å²) < 4.78 is 2.73. The highest BCUT2D eigenvalue weighted by Crippen LogP contribution is 2.11. The molecule has 1 aliphatic heterocycles. The summed E-state index contributed by atoms with van der Waals surface area (Å²) in [5.74, 6) is 0.941. The van der Waals surface area contributed by atoms with Crippen LogP contribution in [0.3, 0.4) is 0 Å². The molecular weight excluding hydrogens is 234 g/mol. The topological polar surface area (TPSA) is 40.1 Å². The predicted octanol–water partition coefficient (Wildman–Crippen LogP) is 1.49. The highest BCUT2D eigenvalue weighted by Gasteiger charge is 2.14. The van der Waals surface area contributed by atoms with Gasteiger partial charge in [-0.2, -0.15) is 0 Å². The van der Waals surface area contributed by atoms with Gasteiger partial charge >= 0.3 is 0 Å². The molecule has 0 spiro atoms. The average molecular weight is 255 g/mol. The van der Waals surface area contributed by atoms with E-state index in [-0.39, 0.29) is 0 Å². The Labute approximate surface area is 107 Å². The molecule has 1 aliphatic rings. The molecule has 0 aromatic carbocycles. The Hall–Kier alpha value is -0.880. The fraction of sp³-hybridized carbons (Fsp3) is 0.818. The molecule has 1 fully saturated rings. The normalized spacial score (nSPS) is 16.6. The summed E-state index contributed by atoms with van der Waals surface area (Å²) in [7, 11) is 2.08. The molecule has 0 bridgehead atoms. The number of anilines is 1. The second-order valence-corrected chi connectivity index (χ2v) is 4.93. The summed E-state index contributed by atoms with van der Waals surface area (Å²) in [5.41, 5.74) is 0. The van der Waals surface area contributed by atoms with Gasteiger partial charge in [-0.15, -0.1) is 5.10 Å². The predicted molar refractivity (Wildman–Crippen MR) is 72.0 cm³/mol. The van der Waals surface area contributed by atoms with Crippen LogP contribution in [0.25, 0.3) is 0 Å². The number of likely N-dealkylation sites (N-methyl/N-ethyl adjacent to an activating group) is 1. The smallest absolute Gasteiger partial charge is 0.225 e. The van der Waals surface area contributed by atoms with Crippen molar-refractivity contribution in [2.24, 2.45) is 0 Å². The molecule has 0 radical (unpaired) electrons. The molecule has 17 heavy (non-hydrogen) atoms. The molecule has 1 aromatic rings. The molecular formula is C11H21N5S. The van der Waals surface area contributed by atoms with Gasteiger partial charge in [-0.25, -0.2) is 5.10 Å². The van der Waals surface area contributed by atoms with Crippen LogP contribution in [0.5, 0.6) is 0 Å². The summed E-state index contributed by atoms with van der Waals surface area (Å²) in [4.78, 5) is 4.68. The van der Waals surface area contributed by atoms with E-state index >= 15 is 0 Å². The molecule has 1 aromatic heterocycles. The number of nitrogens with one attached hydrogen (secondary N) is 1. The number of nitrogens with zero attached hydrogens (tertiary/aromatic N) is 4. The number of hydrogen-bond donors (Lipinski definition) is 1. The van der Waals surface area contributed by atoms with Crippen LogP contribution in [-0.4, -0.2) is 52.9 Å². The third-order valence-corrected chi connectivity index (χ3v) is 3.66. The Balaban J connectivity index is 1.94. The van der Waals surface area contributed by atoms with Gasteiger partial charge in [-0.1, -0.05) is 0 Å². The van der Waals surface area contributed by atoms with E-state index < -0.39 is 0 Å². The van der Waals surface area contributed by atoms with E-state index in [2.05, 4.69) is 34.0 Å². The number of H-pyrrole nitrogens is 1. The first-order valence-corrected chi connectivity index (χ1v) is 6.72. The van der Waals surface area contributed by atoms with E-state index in [0.29, 0.717) is 4.77 Å². The van der Waals surface area contributed by atoms with Crippen LogP contribution in [0.15, 0.2) is 0 Å². The number of aromatic nitrogens is 3. The molecule has 1 N–H and O–H groups in total. The maximum Gasteiger partial charge on any atom is 0.225 e. The molecule has 0 unspecified atom stereocenters. The largest absolute Gasteiger partial charge is 0.343 e. The number of rotatable bonds is 5. The first-order chi connectivity index (χ1) is 8.22. The fourth-order valence-corrected chi connectivity index (χ4v) is 2.54. The lowest BCUT2D eigenvalue weighted by Gasteiger charge is -2.22. The van der Waals surface area contributed by atoms with Crippen LogP contribution < -0.4 is 4.90 Å². The van der Waals surface area contributed by atoms with E-state index in [1.807, 2.05) is 4.57 Å². The lowest BCUT2D eigenvalue weighted by atomic mass is 10.4. The molecule has 2 heterocycles. The van der Waals surface area contributed by atoms with Crippen molar-refractivity contribution < 1.29 is 0 Å². The maximum absolute atomic E-state index is 5.19. The van der Waals surface area contributed by atoms with Crippen molar-refractivity contribution in [1.29, 1.82) is 0 Å². The van der Waals surface area contributed by atoms with Crippen molar-refractivity contribution in [1.82, 2.24) is 19.7 Å². The van der Waals surface area contributed by atoms with Crippen LogP contribution in [0.2, 0.25) is 0 Å². The average Bonchev–Trinajstić information content (AvgIpc) is 2.94. The SMILES string of the molecule is CCn1c(N(C)CCN2CCCC2)n[nH]c1=S.